The molecule has 0 heterocycles. The van der Waals surface area contributed by atoms with Gasteiger partial charge in [-0.05, 0) is 30.7 Å². The number of hydrogen-bond acceptors (Lipinski definition) is 3. The van der Waals surface area contributed by atoms with Crippen molar-refractivity contribution in [2.24, 2.45) is 0 Å². The molecule has 0 spiro atoms. The van der Waals surface area contributed by atoms with Crippen molar-refractivity contribution >= 4 is 5.78 Å². The van der Waals surface area contributed by atoms with Crippen molar-refractivity contribution in [3.8, 4) is 5.75 Å². The second-order valence-electron chi connectivity index (χ2n) is 3.56. The second kappa shape index (κ2) is 7.01. The van der Waals surface area contributed by atoms with Crippen LogP contribution in [0.2, 0.25) is 0 Å². The SMILES string of the molecule is CCCCOCC(=O)c1ccc(OC)cc1. The van der Waals surface area contributed by atoms with Crippen LogP contribution in [-0.4, -0.2) is 26.1 Å². The first-order chi connectivity index (χ1) is 7.77. The molecule has 0 bridgehead atoms. The molecule has 16 heavy (non-hydrogen) atoms. The predicted molar refractivity (Wildman–Crippen MR) is 63.1 cm³/mol. The molecule has 0 aromatic heterocycles. The van der Waals surface area contributed by atoms with Gasteiger partial charge in [-0.15, -0.1) is 0 Å². The van der Waals surface area contributed by atoms with E-state index in [1.54, 1.807) is 31.4 Å². The third kappa shape index (κ3) is 4.03. The van der Waals surface area contributed by atoms with E-state index in [0.29, 0.717) is 12.2 Å². The summed E-state index contributed by atoms with van der Waals surface area (Å²) < 4.78 is 10.3. The van der Waals surface area contributed by atoms with Gasteiger partial charge >= 0.3 is 0 Å². The lowest BCUT2D eigenvalue weighted by Crippen LogP contribution is -2.09. The molecule has 1 aromatic carbocycles. The zero-order valence-electron chi connectivity index (χ0n) is 9.86. The smallest absolute Gasteiger partial charge is 0.188 e. The van der Waals surface area contributed by atoms with Gasteiger partial charge in [0.1, 0.15) is 12.4 Å². The Bertz CT molecular complexity index is 316. The Kier molecular flexibility index (Phi) is 5.57. The van der Waals surface area contributed by atoms with Gasteiger partial charge in [0.15, 0.2) is 5.78 Å². The average Bonchev–Trinajstić information content (AvgIpc) is 2.34. The lowest BCUT2D eigenvalue weighted by Gasteiger charge is -2.04. The standard InChI is InChI=1S/C13H18O3/c1-3-4-9-16-10-13(14)11-5-7-12(15-2)8-6-11/h5-8H,3-4,9-10H2,1-2H3. The minimum Gasteiger partial charge on any atom is -0.497 e. The number of carbonyl (C=O) groups is 1. The molecule has 88 valence electrons. The Morgan fingerprint density at radius 3 is 2.50 bits per heavy atom. The van der Waals surface area contributed by atoms with Crippen LogP contribution in [-0.2, 0) is 4.74 Å². The van der Waals surface area contributed by atoms with Gasteiger partial charge < -0.3 is 9.47 Å². The summed E-state index contributed by atoms with van der Waals surface area (Å²) in [6.45, 7) is 2.90. The molecular formula is C13H18O3. The topological polar surface area (TPSA) is 35.5 Å². The summed E-state index contributed by atoms with van der Waals surface area (Å²) in [5.74, 6) is 0.766. The number of Topliss-reactive ketones (excluding diaryl/α,β-unsaturated/α-hetero) is 1. The van der Waals surface area contributed by atoms with E-state index in [0.717, 1.165) is 18.6 Å². The van der Waals surface area contributed by atoms with Gasteiger partial charge in [0.25, 0.3) is 0 Å². The number of hydrogen-bond donors (Lipinski definition) is 0. The fraction of sp³-hybridized carbons (Fsp3) is 0.462. The maximum atomic E-state index is 11.6. The van der Waals surface area contributed by atoms with Crippen molar-refractivity contribution in [1.82, 2.24) is 0 Å². The van der Waals surface area contributed by atoms with E-state index in [1.165, 1.54) is 0 Å². The molecule has 1 aromatic rings. The third-order valence-electron chi connectivity index (χ3n) is 2.29. The zero-order valence-corrected chi connectivity index (χ0v) is 9.86. The summed E-state index contributed by atoms with van der Waals surface area (Å²) in [5.41, 5.74) is 0.664. The number of unbranched alkanes of at least 4 members (excludes halogenated alkanes) is 1. The number of rotatable bonds is 7. The molecule has 0 aliphatic rings. The minimum atomic E-state index is 0.0127. The summed E-state index contributed by atoms with van der Waals surface area (Å²) in [7, 11) is 1.60. The molecule has 3 nitrogen and oxygen atoms in total. The lowest BCUT2D eigenvalue weighted by molar-refractivity contribution is 0.0754. The first kappa shape index (κ1) is 12.7. The number of methoxy groups -OCH3 is 1. The van der Waals surface area contributed by atoms with E-state index in [2.05, 4.69) is 6.92 Å². The minimum absolute atomic E-state index is 0.0127. The van der Waals surface area contributed by atoms with Gasteiger partial charge in [0.05, 0.1) is 7.11 Å². The monoisotopic (exact) mass is 222 g/mol. The van der Waals surface area contributed by atoms with E-state index in [1.807, 2.05) is 0 Å². The number of carbonyl (C=O) groups excluding carboxylic acids is 1. The van der Waals surface area contributed by atoms with Crippen molar-refractivity contribution in [3.05, 3.63) is 29.8 Å². The molecule has 0 radical (unpaired) electrons. The quantitative estimate of drug-likeness (QED) is 0.525. The fourth-order valence-corrected chi connectivity index (χ4v) is 1.27. The molecule has 1 rings (SSSR count). The van der Waals surface area contributed by atoms with Crippen LogP contribution in [0.3, 0.4) is 0 Å². The Labute approximate surface area is 96.4 Å². The molecule has 0 saturated heterocycles. The molecule has 0 amide bonds. The van der Waals surface area contributed by atoms with Crippen LogP contribution < -0.4 is 4.74 Å². The number of ketones is 1. The number of benzene rings is 1. The van der Waals surface area contributed by atoms with Crippen molar-refractivity contribution in [2.75, 3.05) is 20.3 Å². The Morgan fingerprint density at radius 2 is 1.94 bits per heavy atom. The Balaban J connectivity index is 2.40. The molecular weight excluding hydrogens is 204 g/mol. The predicted octanol–water partition coefficient (Wildman–Crippen LogP) is 2.69. The van der Waals surface area contributed by atoms with Crippen LogP contribution in [0.5, 0.6) is 5.75 Å². The van der Waals surface area contributed by atoms with E-state index >= 15 is 0 Å². The van der Waals surface area contributed by atoms with Crippen LogP contribution in [0, 0.1) is 0 Å². The Morgan fingerprint density at radius 1 is 1.25 bits per heavy atom. The average molecular weight is 222 g/mol. The summed E-state index contributed by atoms with van der Waals surface area (Å²) in [6.07, 6.45) is 2.08. The number of ether oxygens (including phenoxy) is 2. The molecule has 0 saturated carbocycles. The molecule has 0 unspecified atom stereocenters. The van der Waals surface area contributed by atoms with E-state index in [4.69, 9.17) is 9.47 Å². The lowest BCUT2D eigenvalue weighted by atomic mass is 10.1. The third-order valence-corrected chi connectivity index (χ3v) is 2.29. The first-order valence-corrected chi connectivity index (χ1v) is 5.53. The van der Waals surface area contributed by atoms with Gasteiger partial charge in [-0.25, -0.2) is 0 Å². The maximum Gasteiger partial charge on any atom is 0.188 e. The normalized spacial score (nSPS) is 10.1. The highest BCUT2D eigenvalue weighted by molar-refractivity contribution is 5.97. The molecule has 0 atom stereocenters. The van der Waals surface area contributed by atoms with Gasteiger partial charge in [0, 0.05) is 12.2 Å². The molecule has 0 N–H and O–H groups in total. The highest BCUT2D eigenvalue weighted by Crippen LogP contribution is 2.11. The Hall–Kier alpha value is -1.35. The van der Waals surface area contributed by atoms with Crippen LogP contribution in [0.25, 0.3) is 0 Å². The molecule has 0 aliphatic carbocycles. The van der Waals surface area contributed by atoms with Crippen molar-refractivity contribution in [2.45, 2.75) is 19.8 Å². The van der Waals surface area contributed by atoms with Crippen molar-refractivity contribution in [1.29, 1.82) is 0 Å². The largest absolute Gasteiger partial charge is 0.497 e. The molecule has 0 aliphatic heterocycles. The highest BCUT2D eigenvalue weighted by atomic mass is 16.5. The summed E-state index contributed by atoms with van der Waals surface area (Å²) in [4.78, 5) is 11.6. The summed E-state index contributed by atoms with van der Waals surface area (Å²) in [6, 6.07) is 7.06. The van der Waals surface area contributed by atoms with Gasteiger partial charge in [0.2, 0.25) is 0 Å². The zero-order chi connectivity index (χ0) is 11.8. The van der Waals surface area contributed by atoms with Crippen molar-refractivity contribution < 1.29 is 14.3 Å². The second-order valence-corrected chi connectivity index (χ2v) is 3.56. The summed E-state index contributed by atoms with van der Waals surface area (Å²) >= 11 is 0. The first-order valence-electron chi connectivity index (χ1n) is 5.53. The van der Waals surface area contributed by atoms with Crippen LogP contribution >= 0.6 is 0 Å². The van der Waals surface area contributed by atoms with Crippen LogP contribution in [0.4, 0.5) is 0 Å². The summed E-state index contributed by atoms with van der Waals surface area (Å²) in [5, 5.41) is 0. The van der Waals surface area contributed by atoms with E-state index < -0.39 is 0 Å². The molecule has 3 heteroatoms. The van der Waals surface area contributed by atoms with Gasteiger partial charge in [-0.1, -0.05) is 13.3 Å². The van der Waals surface area contributed by atoms with Crippen molar-refractivity contribution in [3.63, 3.8) is 0 Å². The fourth-order valence-electron chi connectivity index (χ4n) is 1.27. The van der Waals surface area contributed by atoms with E-state index in [-0.39, 0.29) is 12.4 Å². The highest BCUT2D eigenvalue weighted by Gasteiger charge is 2.05. The van der Waals surface area contributed by atoms with Crippen LogP contribution in [0.1, 0.15) is 30.1 Å². The van der Waals surface area contributed by atoms with E-state index in [9.17, 15) is 4.79 Å². The van der Waals surface area contributed by atoms with Crippen LogP contribution in [0.15, 0.2) is 24.3 Å². The maximum absolute atomic E-state index is 11.6. The molecule has 0 fully saturated rings. The van der Waals surface area contributed by atoms with Gasteiger partial charge in [-0.2, -0.15) is 0 Å². The van der Waals surface area contributed by atoms with Gasteiger partial charge in [-0.3, -0.25) is 4.79 Å².